The van der Waals surface area contributed by atoms with Gasteiger partial charge in [0, 0.05) is 17.5 Å². The van der Waals surface area contributed by atoms with Crippen LogP contribution in [0.15, 0.2) is 39.1 Å². The van der Waals surface area contributed by atoms with E-state index in [1.54, 1.807) is 6.92 Å². The van der Waals surface area contributed by atoms with Crippen LogP contribution in [0.1, 0.15) is 23.9 Å². The topological polar surface area (TPSA) is 96.8 Å². The van der Waals surface area contributed by atoms with E-state index < -0.39 is 0 Å². The summed E-state index contributed by atoms with van der Waals surface area (Å²) in [5.74, 6) is 0.568. The normalized spacial score (nSPS) is 18.1. The summed E-state index contributed by atoms with van der Waals surface area (Å²) in [6.45, 7) is 1.67. The molecule has 0 amide bonds. The number of hydrogen-bond donors (Lipinski definition) is 1. The van der Waals surface area contributed by atoms with E-state index in [2.05, 4.69) is 41.4 Å². The molecule has 1 N–H and O–H groups in total. The zero-order valence-corrected chi connectivity index (χ0v) is 11.4. The van der Waals surface area contributed by atoms with E-state index in [-0.39, 0.29) is 17.6 Å². The molecule has 2 heterocycles. The van der Waals surface area contributed by atoms with Crippen molar-refractivity contribution in [3.8, 4) is 5.95 Å². The molecule has 0 aliphatic heterocycles. The molecule has 20 heavy (non-hydrogen) atoms. The van der Waals surface area contributed by atoms with E-state index in [1.165, 1.54) is 0 Å². The molecule has 7 nitrogen and oxygen atoms in total. The molecule has 1 atom stereocenters. The number of aryl methyl sites for hydroxylation is 1. The lowest BCUT2D eigenvalue weighted by molar-refractivity contribution is 0.277. The highest BCUT2D eigenvalue weighted by atomic mass is 32.1. The zero-order valence-electron chi connectivity index (χ0n) is 10.6. The minimum Gasteiger partial charge on any atom is -0.478 e. The molecule has 2 aromatic rings. The molecule has 0 fully saturated rings. The van der Waals surface area contributed by atoms with Crippen LogP contribution < -0.4 is 0 Å². The lowest BCUT2D eigenvalue weighted by Crippen LogP contribution is -1.97. The summed E-state index contributed by atoms with van der Waals surface area (Å²) in [6, 6.07) is 0. The van der Waals surface area contributed by atoms with Crippen LogP contribution in [0.5, 0.6) is 5.95 Å². The highest BCUT2D eigenvalue weighted by Crippen LogP contribution is 2.32. The molecule has 0 radical (unpaired) electrons. The third-order valence-electron chi connectivity index (χ3n) is 2.79. The zero-order chi connectivity index (χ0) is 13.9. The van der Waals surface area contributed by atoms with Crippen LogP contribution in [0.4, 0.5) is 10.8 Å². The van der Waals surface area contributed by atoms with Gasteiger partial charge in [0.15, 0.2) is 11.5 Å². The standard InChI is InChI=1S/C12H11N5O2S/c1-7-9(11(18)19-16-7)14-15-12-13-10(17-20-12)8-5-3-2-4-6-8/h2-5,8,18H,6H2,1H3. The number of allylic oxidation sites excluding steroid dienone is 4. The first kappa shape index (κ1) is 12.7. The fraction of sp³-hybridized carbons (Fsp3) is 0.250. The fourth-order valence-electron chi connectivity index (χ4n) is 1.75. The maximum atomic E-state index is 9.39. The average Bonchev–Trinajstić information content (AvgIpc) is 3.06. The summed E-state index contributed by atoms with van der Waals surface area (Å²) >= 11 is 1.16. The van der Waals surface area contributed by atoms with Crippen LogP contribution in [0.3, 0.4) is 0 Å². The van der Waals surface area contributed by atoms with Gasteiger partial charge in [-0.2, -0.15) is 9.36 Å². The van der Waals surface area contributed by atoms with E-state index in [9.17, 15) is 5.11 Å². The molecule has 1 unspecified atom stereocenters. The van der Waals surface area contributed by atoms with Gasteiger partial charge in [0.05, 0.1) is 0 Å². The minimum absolute atomic E-state index is 0.186. The first-order valence-corrected chi connectivity index (χ1v) is 6.75. The van der Waals surface area contributed by atoms with Gasteiger partial charge in [0.2, 0.25) is 5.13 Å². The van der Waals surface area contributed by atoms with Crippen molar-refractivity contribution in [1.82, 2.24) is 14.5 Å². The van der Waals surface area contributed by atoms with Crippen LogP contribution in [0.2, 0.25) is 0 Å². The number of aromatic nitrogens is 3. The molecule has 1 aliphatic carbocycles. The molecule has 3 rings (SSSR count). The van der Waals surface area contributed by atoms with E-state index >= 15 is 0 Å². The largest absolute Gasteiger partial charge is 0.478 e. The van der Waals surface area contributed by atoms with Crippen molar-refractivity contribution >= 4 is 22.4 Å². The summed E-state index contributed by atoms with van der Waals surface area (Å²) in [7, 11) is 0. The van der Waals surface area contributed by atoms with E-state index in [1.807, 2.05) is 12.2 Å². The maximum Gasteiger partial charge on any atom is 0.337 e. The van der Waals surface area contributed by atoms with Crippen molar-refractivity contribution in [3.63, 3.8) is 0 Å². The lowest BCUT2D eigenvalue weighted by Gasteiger charge is -2.07. The summed E-state index contributed by atoms with van der Waals surface area (Å²) in [5, 5.41) is 21.2. The van der Waals surface area contributed by atoms with E-state index in [4.69, 9.17) is 0 Å². The van der Waals surface area contributed by atoms with Gasteiger partial charge in [-0.3, -0.25) is 0 Å². The number of azo groups is 1. The number of hydrogen-bond acceptors (Lipinski definition) is 8. The smallest absolute Gasteiger partial charge is 0.337 e. The number of nitrogens with zero attached hydrogens (tertiary/aromatic N) is 5. The second-order valence-corrected chi connectivity index (χ2v) is 4.94. The van der Waals surface area contributed by atoms with Gasteiger partial charge >= 0.3 is 5.95 Å². The third kappa shape index (κ3) is 2.50. The van der Waals surface area contributed by atoms with Crippen LogP contribution in [0, 0.1) is 6.92 Å². The third-order valence-corrected chi connectivity index (χ3v) is 3.41. The van der Waals surface area contributed by atoms with Crippen LogP contribution in [-0.2, 0) is 0 Å². The van der Waals surface area contributed by atoms with Crippen LogP contribution >= 0.6 is 11.5 Å². The van der Waals surface area contributed by atoms with Gasteiger partial charge in [-0.05, 0) is 13.3 Å². The number of aromatic hydroxyl groups is 1. The summed E-state index contributed by atoms with van der Waals surface area (Å²) in [4.78, 5) is 4.32. The highest BCUT2D eigenvalue weighted by Gasteiger charge is 2.15. The predicted octanol–water partition coefficient (Wildman–Crippen LogP) is 3.56. The Morgan fingerprint density at radius 3 is 3.00 bits per heavy atom. The second-order valence-electron chi connectivity index (χ2n) is 4.21. The van der Waals surface area contributed by atoms with Crippen molar-refractivity contribution in [2.24, 2.45) is 10.2 Å². The van der Waals surface area contributed by atoms with Crippen LogP contribution in [-0.4, -0.2) is 19.6 Å². The molecule has 0 spiro atoms. The Morgan fingerprint density at radius 1 is 1.40 bits per heavy atom. The summed E-state index contributed by atoms with van der Waals surface area (Å²) in [6.07, 6.45) is 9.00. The first-order valence-electron chi connectivity index (χ1n) is 5.98. The molecular formula is C12H11N5O2S. The maximum absolute atomic E-state index is 9.39. The minimum atomic E-state index is -0.351. The quantitative estimate of drug-likeness (QED) is 0.871. The molecule has 102 valence electrons. The number of rotatable bonds is 3. The first-order chi connectivity index (χ1) is 9.74. The van der Waals surface area contributed by atoms with Gasteiger partial charge in [-0.25, -0.2) is 0 Å². The Hall–Kier alpha value is -2.35. The Balaban J connectivity index is 1.77. The second kappa shape index (κ2) is 5.33. The van der Waals surface area contributed by atoms with Gasteiger partial charge in [-0.15, -0.1) is 10.2 Å². The fourth-order valence-corrected chi connectivity index (χ4v) is 2.31. The molecule has 2 aromatic heterocycles. The molecule has 1 aliphatic rings. The van der Waals surface area contributed by atoms with Crippen molar-refractivity contribution in [3.05, 3.63) is 35.8 Å². The molecular weight excluding hydrogens is 278 g/mol. The molecule has 0 aromatic carbocycles. The van der Waals surface area contributed by atoms with E-state index in [0.717, 1.165) is 23.8 Å². The molecule has 0 saturated heterocycles. The Kier molecular flexibility index (Phi) is 3.38. The van der Waals surface area contributed by atoms with Gasteiger partial charge in [-0.1, -0.05) is 29.5 Å². The summed E-state index contributed by atoms with van der Waals surface area (Å²) in [5.41, 5.74) is 0.679. The average molecular weight is 289 g/mol. The SMILES string of the molecule is Cc1noc(O)c1N=Nc1nc(C2C=CC=CC2)ns1. The van der Waals surface area contributed by atoms with Crippen LogP contribution in [0.25, 0.3) is 0 Å². The van der Waals surface area contributed by atoms with Crippen molar-refractivity contribution in [2.45, 2.75) is 19.3 Å². The Bertz CT molecular complexity index is 681. The monoisotopic (exact) mass is 289 g/mol. The van der Waals surface area contributed by atoms with Gasteiger partial charge in [0.1, 0.15) is 5.69 Å². The van der Waals surface area contributed by atoms with Crippen molar-refractivity contribution in [2.75, 3.05) is 0 Å². The molecule has 8 heteroatoms. The van der Waals surface area contributed by atoms with Crippen molar-refractivity contribution < 1.29 is 9.63 Å². The molecule has 0 bridgehead atoms. The Morgan fingerprint density at radius 2 is 2.30 bits per heavy atom. The van der Waals surface area contributed by atoms with Crippen molar-refractivity contribution in [1.29, 1.82) is 0 Å². The van der Waals surface area contributed by atoms with Gasteiger partial charge in [0.25, 0.3) is 0 Å². The summed E-state index contributed by atoms with van der Waals surface area (Å²) < 4.78 is 8.86. The van der Waals surface area contributed by atoms with E-state index in [0.29, 0.717) is 10.8 Å². The predicted molar refractivity (Wildman–Crippen MR) is 72.6 cm³/mol. The highest BCUT2D eigenvalue weighted by molar-refractivity contribution is 7.09. The Labute approximate surface area is 118 Å². The lowest BCUT2D eigenvalue weighted by atomic mass is 10.0. The molecule has 0 saturated carbocycles. The van der Waals surface area contributed by atoms with Gasteiger partial charge < -0.3 is 9.63 Å².